The van der Waals surface area contributed by atoms with Crippen molar-refractivity contribution in [1.29, 1.82) is 0 Å². The number of carbonyl (C=O) groups excluding carboxylic acids is 1. The van der Waals surface area contributed by atoms with Crippen LogP contribution in [0.25, 0.3) is 0 Å². The molecule has 1 heterocycles. The molecule has 0 aliphatic carbocycles. The van der Waals surface area contributed by atoms with Gasteiger partial charge >= 0.3 is 0 Å². The van der Waals surface area contributed by atoms with Crippen LogP contribution in [0.2, 0.25) is 0 Å². The molecular weight excluding hydrogens is 158 g/mol. The molecule has 0 aromatic carbocycles. The van der Waals surface area contributed by atoms with Crippen molar-refractivity contribution in [3.05, 3.63) is 12.2 Å². The molecule has 1 aliphatic rings. The first kappa shape index (κ1) is 8.65. The summed E-state index contributed by atoms with van der Waals surface area (Å²) in [6.07, 6.45) is 4.45. The van der Waals surface area contributed by atoms with Crippen molar-refractivity contribution in [3.63, 3.8) is 0 Å². The van der Waals surface area contributed by atoms with Crippen LogP contribution in [-0.4, -0.2) is 23.5 Å². The largest absolute Gasteiger partial charge is 0.349 e. The minimum absolute atomic E-state index is 0.0417. The monoisotopic (exact) mass is 171 g/mol. The van der Waals surface area contributed by atoms with E-state index in [1.54, 1.807) is 12.2 Å². The van der Waals surface area contributed by atoms with Gasteiger partial charge < -0.3 is 5.32 Å². The van der Waals surface area contributed by atoms with Gasteiger partial charge in [-0.05, 0) is 25.2 Å². The number of hydrogen-bond acceptors (Lipinski definition) is 2. The molecule has 0 radical (unpaired) electrons. The maximum absolute atomic E-state index is 11.0. The Hall–Kier alpha value is -0.440. The number of amides is 1. The van der Waals surface area contributed by atoms with Crippen molar-refractivity contribution in [2.24, 2.45) is 0 Å². The number of carbonyl (C=O) groups is 1. The first-order chi connectivity index (χ1) is 5.33. The Balaban J connectivity index is 2.23. The van der Waals surface area contributed by atoms with Gasteiger partial charge in [0, 0.05) is 11.8 Å². The van der Waals surface area contributed by atoms with Crippen LogP contribution in [0.4, 0.5) is 0 Å². The average molecular weight is 171 g/mol. The van der Waals surface area contributed by atoms with Crippen molar-refractivity contribution < 1.29 is 4.79 Å². The molecule has 11 heavy (non-hydrogen) atoms. The average Bonchev–Trinajstić information content (AvgIpc) is 2.40. The molecule has 1 fully saturated rings. The Morgan fingerprint density at radius 1 is 1.73 bits per heavy atom. The van der Waals surface area contributed by atoms with Gasteiger partial charge in [0.1, 0.15) is 0 Å². The summed E-state index contributed by atoms with van der Waals surface area (Å²) in [5.74, 6) is 2.30. The van der Waals surface area contributed by atoms with Gasteiger partial charge in [-0.25, -0.2) is 0 Å². The van der Waals surface area contributed by atoms with E-state index >= 15 is 0 Å². The molecule has 0 aromatic heterocycles. The second-order valence-electron chi connectivity index (χ2n) is 2.57. The number of hydrogen-bond donors (Lipinski definition) is 1. The molecule has 1 saturated heterocycles. The summed E-state index contributed by atoms with van der Waals surface area (Å²) in [4.78, 5) is 11.0. The smallest absolute Gasteiger partial charge is 0.243 e. The molecule has 0 spiro atoms. The number of nitrogens with one attached hydrogen (secondary N) is 1. The maximum atomic E-state index is 11.0. The Morgan fingerprint density at radius 2 is 2.55 bits per heavy atom. The van der Waals surface area contributed by atoms with Gasteiger partial charge in [0.25, 0.3) is 0 Å². The van der Waals surface area contributed by atoms with Crippen LogP contribution < -0.4 is 5.32 Å². The van der Waals surface area contributed by atoms with Crippen LogP contribution in [0.5, 0.6) is 0 Å². The summed E-state index contributed by atoms with van der Waals surface area (Å²) in [7, 11) is 0. The van der Waals surface area contributed by atoms with Crippen LogP contribution in [-0.2, 0) is 4.79 Å². The van der Waals surface area contributed by atoms with E-state index in [4.69, 9.17) is 0 Å². The molecule has 62 valence electrons. The molecule has 0 bridgehead atoms. The van der Waals surface area contributed by atoms with Gasteiger partial charge in [0.05, 0.1) is 0 Å². The van der Waals surface area contributed by atoms with E-state index in [-0.39, 0.29) is 5.91 Å². The van der Waals surface area contributed by atoms with E-state index in [1.165, 1.54) is 5.75 Å². The number of thioether (sulfide) groups is 1. The summed E-state index contributed by atoms with van der Waals surface area (Å²) in [5.41, 5.74) is 0. The minimum Gasteiger partial charge on any atom is -0.349 e. The van der Waals surface area contributed by atoms with Crippen molar-refractivity contribution in [2.45, 2.75) is 19.4 Å². The lowest BCUT2D eigenvalue weighted by Crippen LogP contribution is -2.33. The van der Waals surface area contributed by atoms with E-state index < -0.39 is 0 Å². The highest BCUT2D eigenvalue weighted by Crippen LogP contribution is 2.16. The van der Waals surface area contributed by atoms with Crippen LogP contribution in [0.1, 0.15) is 13.3 Å². The third-order valence-corrected chi connectivity index (χ3v) is 2.76. The number of allylic oxidation sites excluding steroid dienone is 1. The third kappa shape index (κ3) is 2.97. The molecule has 1 unspecified atom stereocenters. The standard InChI is InChI=1S/C8H13NOS/c1-2-3-8(10)9-7-4-5-11-6-7/h2-3,7H,4-6H2,1H3,(H,9,10)/b3-2+. The molecule has 1 N–H and O–H groups in total. The van der Waals surface area contributed by atoms with Crippen molar-refractivity contribution in [1.82, 2.24) is 5.32 Å². The van der Waals surface area contributed by atoms with Crippen LogP contribution >= 0.6 is 11.8 Å². The SMILES string of the molecule is C/C=C/C(=O)NC1CCSC1. The van der Waals surface area contributed by atoms with Gasteiger partial charge in [0.15, 0.2) is 0 Å². The first-order valence-electron chi connectivity index (χ1n) is 3.84. The zero-order valence-electron chi connectivity index (χ0n) is 6.67. The van der Waals surface area contributed by atoms with E-state index in [0.29, 0.717) is 6.04 Å². The molecule has 3 heteroatoms. The van der Waals surface area contributed by atoms with Gasteiger partial charge in [-0.2, -0.15) is 11.8 Å². The zero-order valence-corrected chi connectivity index (χ0v) is 7.49. The molecule has 1 aliphatic heterocycles. The lowest BCUT2D eigenvalue weighted by atomic mass is 10.2. The fourth-order valence-corrected chi connectivity index (χ4v) is 2.20. The van der Waals surface area contributed by atoms with Crippen molar-refractivity contribution in [3.8, 4) is 0 Å². The van der Waals surface area contributed by atoms with E-state index in [0.717, 1.165) is 12.2 Å². The molecular formula is C8H13NOS. The molecule has 1 atom stereocenters. The number of rotatable bonds is 2. The summed E-state index contributed by atoms with van der Waals surface area (Å²) < 4.78 is 0. The highest BCUT2D eigenvalue weighted by Gasteiger charge is 2.15. The van der Waals surface area contributed by atoms with Crippen molar-refractivity contribution in [2.75, 3.05) is 11.5 Å². The zero-order chi connectivity index (χ0) is 8.10. The Kier molecular flexibility index (Phi) is 3.49. The molecule has 1 rings (SSSR count). The fraction of sp³-hybridized carbons (Fsp3) is 0.625. The summed E-state index contributed by atoms with van der Waals surface area (Å²) in [6, 6.07) is 0.406. The predicted molar refractivity (Wildman–Crippen MR) is 48.7 cm³/mol. The highest BCUT2D eigenvalue weighted by molar-refractivity contribution is 7.99. The summed E-state index contributed by atoms with van der Waals surface area (Å²) >= 11 is 1.90. The Labute approximate surface area is 71.4 Å². The third-order valence-electron chi connectivity index (χ3n) is 1.59. The van der Waals surface area contributed by atoms with Crippen molar-refractivity contribution >= 4 is 17.7 Å². The van der Waals surface area contributed by atoms with E-state index in [1.807, 2.05) is 18.7 Å². The second-order valence-corrected chi connectivity index (χ2v) is 3.72. The fourth-order valence-electron chi connectivity index (χ4n) is 1.05. The van der Waals surface area contributed by atoms with Gasteiger partial charge in [-0.1, -0.05) is 6.08 Å². The first-order valence-corrected chi connectivity index (χ1v) is 4.99. The second kappa shape index (κ2) is 4.44. The maximum Gasteiger partial charge on any atom is 0.243 e. The van der Waals surface area contributed by atoms with E-state index in [9.17, 15) is 4.79 Å². The summed E-state index contributed by atoms with van der Waals surface area (Å²) in [6.45, 7) is 1.85. The van der Waals surface area contributed by atoms with Crippen LogP contribution in [0.3, 0.4) is 0 Å². The molecule has 2 nitrogen and oxygen atoms in total. The quantitative estimate of drug-likeness (QED) is 0.632. The Morgan fingerprint density at radius 3 is 3.09 bits per heavy atom. The van der Waals surface area contributed by atoms with Gasteiger partial charge in [0.2, 0.25) is 5.91 Å². The Bertz CT molecular complexity index is 161. The minimum atomic E-state index is 0.0417. The molecule has 0 saturated carbocycles. The lowest BCUT2D eigenvalue weighted by Gasteiger charge is -2.07. The molecule has 1 amide bonds. The normalized spacial score (nSPS) is 24.3. The van der Waals surface area contributed by atoms with Crippen LogP contribution in [0.15, 0.2) is 12.2 Å². The summed E-state index contributed by atoms with van der Waals surface area (Å²) in [5, 5.41) is 2.93. The lowest BCUT2D eigenvalue weighted by molar-refractivity contribution is -0.117. The van der Waals surface area contributed by atoms with Gasteiger partial charge in [-0.15, -0.1) is 0 Å². The van der Waals surface area contributed by atoms with Crippen LogP contribution in [0, 0.1) is 0 Å². The van der Waals surface area contributed by atoms with Gasteiger partial charge in [-0.3, -0.25) is 4.79 Å². The topological polar surface area (TPSA) is 29.1 Å². The van der Waals surface area contributed by atoms with E-state index in [2.05, 4.69) is 5.32 Å². The molecule has 0 aromatic rings. The highest BCUT2D eigenvalue weighted by atomic mass is 32.2. The predicted octanol–water partition coefficient (Wildman–Crippen LogP) is 1.18.